The minimum Gasteiger partial charge on any atom is -0.135 e. The number of rotatable bonds is 1. The molecule has 0 N–H and O–H groups in total. The van der Waals surface area contributed by atoms with Crippen molar-refractivity contribution in [1.29, 1.82) is 0 Å². The molecule has 0 fully saturated rings. The van der Waals surface area contributed by atoms with Gasteiger partial charge in [-0.15, -0.1) is 11.3 Å². The molecule has 0 amide bonds. The van der Waals surface area contributed by atoms with Crippen molar-refractivity contribution in [3.8, 4) is 11.1 Å². The zero-order chi connectivity index (χ0) is 17.1. The summed E-state index contributed by atoms with van der Waals surface area (Å²) in [7, 11) is 0. The van der Waals surface area contributed by atoms with E-state index in [0.717, 1.165) is 0 Å². The second-order valence-corrected chi connectivity index (χ2v) is 8.02. The molecule has 1 unspecified atom stereocenters. The fraction of sp³-hybridized carbons (Fsp3) is 0.0400. The highest BCUT2D eigenvalue weighted by Crippen LogP contribution is 2.53. The number of fused-ring (bicyclic) bond motifs is 7. The lowest BCUT2D eigenvalue weighted by Gasteiger charge is -2.14. The summed E-state index contributed by atoms with van der Waals surface area (Å²) < 4.78 is 2.75. The smallest absolute Gasteiger partial charge is 0.0361 e. The summed E-state index contributed by atoms with van der Waals surface area (Å²) in [5, 5.41) is 2.81. The molecule has 0 spiro atoms. The molecule has 1 atom stereocenters. The monoisotopic (exact) mass is 348 g/mol. The van der Waals surface area contributed by atoms with Crippen LogP contribution in [0, 0.1) is 0 Å². The van der Waals surface area contributed by atoms with Gasteiger partial charge in [-0.25, -0.2) is 0 Å². The molecule has 1 aliphatic rings. The molecule has 6 rings (SSSR count). The highest BCUT2D eigenvalue weighted by atomic mass is 32.1. The van der Waals surface area contributed by atoms with Crippen LogP contribution in [0.3, 0.4) is 0 Å². The zero-order valence-corrected chi connectivity index (χ0v) is 15.0. The Morgan fingerprint density at radius 2 is 1.35 bits per heavy atom. The lowest BCUT2D eigenvalue weighted by molar-refractivity contribution is 1.02. The molecular weight excluding hydrogens is 332 g/mol. The SMILES string of the molecule is c1ccc(C2c3ccccc3-c3c2ccc2sc4ccccc4c32)cc1. The van der Waals surface area contributed by atoms with E-state index < -0.39 is 0 Å². The van der Waals surface area contributed by atoms with Crippen LogP contribution in [-0.2, 0) is 0 Å². The third-order valence-corrected chi connectivity index (χ3v) is 6.70. The summed E-state index contributed by atoms with van der Waals surface area (Å²) in [6, 6.07) is 33.3. The van der Waals surface area contributed by atoms with Crippen LogP contribution in [0.15, 0.2) is 91.0 Å². The van der Waals surface area contributed by atoms with E-state index in [9.17, 15) is 0 Å². The average molecular weight is 348 g/mol. The quantitative estimate of drug-likeness (QED) is 0.294. The third-order valence-electron chi connectivity index (χ3n) is 5.56. The minimum atomic E-state index is 0.325. The fourth-order valence-corrected chi connectivity index (χ4v) is 5.63. The van der Waals surface area contributed by atoms with Crippen LogP contribution in [0.1, 0.15) is 22.6 Å². The van der Waals surface area contributed by atoms with Crippen molar-refractivity contribution >= 4 is 31.5 Å². The van der Waals surface area contributed by atoms with Crippen molar-refractivity contribution < 1.29 is 0 Å². The van der Waals surface area contributed by atoms with E-state index in [2.05, 4.69) is 91.0 Å². The Balaban J connectivity index is 1.78. The molecular formula is C25H16S. The number of hydrogen-bond donors (Lipinski definition) is 0. The molecule has 4 aromatic carbocycles. The van der Waals surface area contributed by atoms with Crippen LogP contribution in [0.25, 0.3) is 31.3 Å². The topological polar surface area (TPSA) is 0 Å². The second kappa shape index (κ2) is 5.30. The van der Waals surface area contributed by atoms with Gasteiger partial charge in [-0.1, -0.05) is 78.9 Å². The Labute approximate surface area is 156 Å². The van der Waals surface area contributed by atoms with Crippen molar-refractivity contribution in [2.45, 2.75) is 5.92 Å². The minimum absolute atomic E-state index is 0.325. The van der Waals surface area contributed by atoms with Gasteiger partial charge in [0.1, 0.15) is 0 Å². The summed E-state index contributed by atoms with van der Waals surface area (Å²) in [5.74, 6) is 0.325. The van der Waals surface area contributed by atoms with Crippen LogP contribution in [0.2, 0.25) is 0 Å². The van der Waals surface area contributed by atoms with Crippen LogP contribution in [-0.4, -0.2) is 0 Å². The van der Waals surface area contributed by atoms with Crippen LogP contribution >= 0.6 is 11.3 Å². The van der Waals surface area contributed by atoms with Gasteiger partial charge >= 0.3 is 0 Å². The van der Waals surface area contributed by atoms with E-state index in [1.54, 1.807) is 0 Å². The second-order valence-electron chi connectivity index (χ2n) is 6.93. The van der Waals surface area contributed by atoms with Gasteiger partial charge in [0.2, 0.25) is 0 Å². The van der Waals surface area contributed by atoms with E-state index in [4.69, 9.17) is 0 Å². The van der Waals surface area contributed by atoms with Gasteiger partial charge in [-0.2, -0.15) is 0 Å². The standard InChI is InChI=1S/C25H16S/c1-2-8-16(9-3-1)23-17-10-4-5-11-18(17)24-20(23)14-15-22-25(24)19-12-6-7-13-21(19)26-22/h1-15,23H. The first-order chi connectivity index (χ1) is 12.9. The Morgan fingerprint density at radius 3 is 2.27 bits per heavy atom. The first-order valence-electron chi connectivity index (χ1n) is 9.00. The molecule has 122 valence electrons. The Bertz CT molecular complexity index is 1280. The summed E-state index contributed by atoms with van der Waals surface area (Å²) in [4.78, 5) is 0. The number of benzene rings is 4. The van der Waals surface area contributed by atoms with Crippen molar-refractivity contribution in [2.75, 3.05) is 0 Å². The lowest BCUT2D eigenvalue weighted by Crippen LogP contribution is -1.98. The van der Waals surface area contributed by atoms with E-state index >= 15 is 0 Å². The highest BCUT2D eigenvalue weighted by Gasteiger charge is 2.31. The molecule has 0 radical (unpaired) electrons. The van der Waals surface area contributed by atoms with E-state index in [-0.39, 0.29) is 0 Å². The largest absolute Gasteiger partial charge is 0.135 e. The molecule has 0 bridgehead atoms. The molecule has 1 heteroatoms. The molecule has 26 heavy (non-hydrogen) atoms. The molecule has 0 saturated carbocycles. The maximum Gasteiger partial charge on any atom is 0.0361 e. The van der Waals surface area contributed by atoms with Gasteiger partial charge in [-0.3, -0.25) is 0 Å². The zero-order valence-electron chi connectivity index (χ0n) is 14.1. The summed E-state index contributed by atoms with van der Waals surface area (Å²) in [6.45, 7) is 0. The van der Waals surface area contributed by atoms with Crippen LogP contribution < -0.4 is 0 Å². The molecule has 1 aliphatic carbocycles. The predicted molar refractivity (Wildman–Crippen MR) is 112 cm³/mol. The molecule has 1 heterocycles. The maximum absolute atomic E-state index is 2.35. The number of thiophene rings is 1. The Kier molecular flexibility index (Phi) is 2.91. The Morgan fingerprint density at radius 1 is 0.577 bits per heavy atom. The van der Waals surface area contributed by atoms with Gasteiger partial charge in [0.05, 0.1) is 0 Å². The van der Waals surface area contributed by atoms with Gasteiger partial charge < -0.3 is 0 Å². The van der Waals surface area contributed by atoms with Crippen LogP contribution in [0.4, 0.5) is 0 Å². The van der Waals surface area contributed by atoms with Crippen molar-refractivity contribution in [1.82, 2.24) is 0 Å². The first-order valence-corrected chi connectivity index (χ1v) is 9.82. The van der Waals surface area contributed by atoms with E-state index in [0.29, 0.717) is 5.92 Å². The van der Waals surface area contributed by atoms with Crippen molar-refractivity contribution in [3.05, 3.63) is 108 Å². The van der Waals surface area contributed by atoms with Gasteiger partial charge in [0, 0.05) is 26.1 Å². The van der Waals surface area contributed by atoms with Gasteiger partial charge in [0.15, 0.2) is 0 Å². The molecule has 0 nitrogen and oxygen atoms in total. The molecule has 0 saturated heterocycles. The fourth-order valence-electron chi connectivity index (χ4n) is 4.51. The first kappa shape index (κ1) is 14.3. The summed E-state index contributed by atoms with van der Waals surface area (Å²) in [6.07, 6.45) is 0. The maximum atomic E-state index is 2.35. The number of hydrogen-bond acceptors (Lipinski definition) is 1. The molecule has 5 aromatic rings. The van der Waals surface area contributed by atoms with E-state index in [1.807, 2.05) is 11.3 Å². The highest BCUT2D eigenvalue weighted by molar-refractivity contribution is 7.25. The van der Waals surface area contributed by atoms with Gasteiger partial charge in [0.25, 0.3) is 0 Å². The molecule has 0 aliphatic heterocycles. The summed E-state index contributed by atoms with van der Waals surface area (Å²) in [5.41, 5.74) is 7.07. The predicted octanol–water partition coefficient (Wildman–Crippen LogP) is 7.22. The average Bonchev–Trinajstić information content (AvgIpc) is 3.24. The van der Waals surface area contributed by atoms with Crippen molar-refractivity contribution in [3.63, 3.8) is 0 Å². The lowest BCUT2D eigenvalue weighted by atomic mass is 9.89. The van der Waals surface area contributed by atoms with Gasteiger partial charge in [-0.05, 0) is 39.9 Å². The normalized spacial score (nSPS) is 15.3. The third kappa shape index (κ3) is 1.84. The molecule has 1 aromatic heterocycles. The van der Waals surface area contributed by atoms with Crippen LogP contribution in [0.5, 0.6) is 0 Å². The van der Waals surface area contributed by atoms with E-state index in [1.165, 1.54) is 48.0 Å². The summed E-state index contributed by atoms with van der Waals surface area (Å²) >= 11 is 1.90. The van der Waals surface area contributed by atoms with Crippen molar-refractivity contribution in [2.24, 2.45) is 0 Å². The Hall–Kier alpha value is -2.90.